The molecule has 1 aromatic heterocycles. The molecule has 84 valence electrons. The third-order valence-electron chi connectivity index (χ3n) is 2.26. The van der Waals surface area contributed by atoms with Gasteiger partial charge in [-0.2, -0.15) is 9.67 Å². The van der Waals surface area contributed by atoms with E-state index < -0.39 is 0 Å². The summed E-state index contributed by atoms with van der Waals surface area (Å²) in [5.41, 5.74) is 2.24. The van der Waals surface area contributed by atoms with Crippen LogP contribution in [-0.4, -0.2) is 6.21 Å². The molecule has 0 aromatic carbocycles. The van der Waals surface area contributed by atoms with E-state index in [2.05, 4.69) is 42.1 Å². The highest BCUT2D eigenvalue weighted by molar-refractivity contribution is 7.13. The summed E-state index contributed by atoms with van der Waals surface area (Å²) in [5.74, 6) is 0. The van der Waals surface area contributed by atoms with E-state index >= 15 is 0 Å². The predicted octanol–water partition coefficient (Wildman–Crippen LogP) is 2.67. The predicted molar refractivity (Wildman–Crippen MR) is 68.8 cm³/mol. The van der Waals surface area contributed by atoms with Crippen LogP contribution in [0.15, 0.2) is 41.2 Å². The van der Waals surface area contributed by atoms with Crippen molar-refractivity contribution in [3.63, 3.8) is 0 Å². The molecule has 2 heterocycles. The Morgan fingerprint density at radius 3 is 2.75 bits per heavy atom. The molecule has 0 radical (unpaired) electrons. The first-order valence-electron chi connectivity index (χ1n) is 5.24. The van der Waals surface area contributed by atoms with Gasteiger partial charge in [0.15, 0.2) is 10.5 Å². The Hall–Kier alpha value is -1.42. The van der Waals surface area contributed by atoms with E-state index in [1.54, 1.807) is 17.6 Å². The van der Waals surface area contributed by atoms with Gasteiger partial charge in [0, 0.05) is 33.2 Å². The van der Waals surface area contributed by atoms with Gasteiger partial charge in [0.2, 0.25) is 11.7 Å². The standard InChI is InChI=1S/C12H16N3S/c1-12(2,3)14-9-11(16-10-14)15-8-6-4-5-7-13-15/h4-10H,1-3H3/q+1. The fourth-order valence-corrected chi connectivity index (χ4v) is 2.27. The van der Waals surface area contributed by atoms with Gasteiger partial charge in [-0.05, 0) is 12.2 Å². The van der Waals surface area contributed by atoms with Crippen molar-refractivity contribution < 1.29 is 4.57 Å². The maximum Gasteiger partial charge on any atom is 0.227 e. The zero-order valence-corrected chi connectivity index (χ0v) is 10.6. The Bertz CT molecular complexity index is 433. The fraction of sp³-hybridized carbons (Fsp3) is 0.333. The first-order chi connectivity index (χ1) is 7.57. The Morgan fingerprint density at radius 1 is 1.25 bits per heavy atom. The lowest BCUT2D eigenvalue weighted by Crippen LogP contribution is -2.48. The van der Waals surface area contributed by atoms with Gasteiger partial charge < -0.3 is 0 Å². The van der Waals surface area contributed by atoms with Crippen LogP contribution in [0.4, 0.5) is 5.00 Å². The lowest BCUT2D eigenvalue weighted by molar-refractivity contribution is -0.749. The minimum Gasteiger partial charge on any atom is -0.225 e. The largest absolute Gasteiger partial charge is 0.227 e. The number of allylic oxidation sites excluding steroid dienone is 3. The Labute approximate surface area is 100 Å². The number of thiazole rings is 1. The number of anilines is 1. The number of rotatable bonds is 1. The topological polar surface area (TPSA) is 19.5 Å². The van der Waals surface area contributed by atoms with Crippen LogP contribution in [0.1, 0.15) is 20.8 Å². The van der Waals surface area contributed by atoms with Crippen molar-refractivity contribution in [1.82, 2.24) is 0 Å². The lowest BCUT2D eigenvalue weighted by atomic mass is 10.1. The normalized spacial score (nSPS) is 15.6. The molecular weight excluding hydrogens is 218 g/mol. The number of aromatic nitrogens is 1. The first-order valence-corrected chi connectivity index (χ1v) is 6.12. The molecule has 0 atom stereocenters. The van der Waals surface area contributed by atoms with Gasteiger partial charge in [0.1, 0.15) is 0 Å². The van der Waals surface area contributed by atoms with Crippen LogP contribution < -0.4 is 9.58 Å². The maximum absolute atomic E-state index is 4.32. The molecule has 4 heteroatoms. The first kappa shape index (κ1) is 11.1. The van der Waals surface area contributed by atoms with E-state index in [4.69, 9.17) is 0 Å². The lowest BCUT2D eigenvalue weighted by Gasteiger charge is -2.10. The molecule has 1 aromatic rings. The van der Waals surface area contributed by atoms with Crippen LogP contribution in [0.3, 0.4) is 0 Å². The van der Waals surface area contributed by atoms with E-state index in [-0.39, 0.29) is 5.54 Å². The molecule has 0 spiro atoms. The molecule has 0 saturated carbocycles. The van der Waals surface area contributed by atoms with Crippen LogP contribution in [0.5, 0.6) is 0 Å². The number of hydrogen-bond acceptors (Lipinski definition) is 3. The summed E-state index contributed by atoms with van der Waals surface area (Å²) < 4.78 is 2.20. The summed E-state index contributed by atoms with van der Waals surface area (Å²) in [6, 6.07) is 0. The third-order valence-corrected chi connectivity index (χ3v) is 3.13. The molecule has 0 fully saturated rings. The second-order valence-corrected chi connectivity index (χ2v) is 5.47. The van der Waals surface area contributed by atoms with Crippen molar-refractivity contribution in [2.24, 2.45) is 5.10 Å². The summed E-state index contributed by atoms with van der Waals surface area (Å²) in [5, 5.41) is 7.32. The van der Waals surface area contributed by atoms with E-state index in [1.165, 1.54) is 0 Å². The van der Waals surface area contributed by atoms with Gasteiger partial charge in [-0.3, -0.25) is 0 Å². The second kappa shape index (κ2) is 4.22. The highest BCUT2D eigenvalue weighted by atomic mass is 32.1. The molecule has 0 N–H and O–H groups in total. The summed E-state index contributed by atoms with van der Waals surface area (Å²) >= 11 is 1.69. The van der Waals surface area contributed by atoms with Crippen LogP contribution in [-0.2, 0) is 5.54 Å². The number of hydrogen-bond donors (Lipinski definition) is 0. The van der Waals surface area contributed by atoms with Gasteiger partial charge >= 0.3 is 0 Å². The second-order valence-electron chi connectivity index (χ2n) is 4.60. The average Bonchev–Trinajstić information content (AvgIpc) is 2.55. The summed E-state index contributed by atoms with van der Waals surface area (Å²) in [6.07, 6.45) is 11.7. The molecule has 16 heavy (non-hydrogen) atoms. The van der Waals surface area contributed by atoms with Crippen molar-refractivity contribution in [3.8, 4) is 0 Å². The van der Waals surface area contributed by atoms with Crippen molar-refractivity contribution in [1.29, 1.82) is 0 Å². The SMILES string of the molecule is CC(C)(C)[n+]1csc(N2C=CC=CC=N2)c1. The highest BCUT2D eigenvalue weighted by Gasteiger charge is 2.24. The Balaban J connectivity index is 2.25. The van der Waals surface area contributed by atoms with Crippen molar-refractivity contribution in [2.45, 2.75) is 26.3 Å². The third kappa shape index (κ3) is 2.39. The van der Waals surface area contributed by atoms with Gasteiger partial charge in [0.25, 0.3) is 0 Å². The van der Waals surface area contributed by atoms with E-state index in [0.29, 0.717) is 0 Å². The zero-order valence-electron chi connectivity index (χ0n) is 9.79. The minimum atomic E-state index is 0.117. The Kier molecular flexibility index (Phi) is 2.92. The number of nitrogens with zero attached hydrogens (tertiary/aromatic N) is 3. The molecule has 1 aliphatic rings. The van der Waals surface area contributed by atoms with Gasteiger partial charge in [-0.1, -0.05) is 17.4 Å². The zero-order chi connectivity index (χ0) is 11.6. The molecule has 0 unspecified atom stereocenters. The summed E-state index contributed by atoms with van der Waals surface area (Å²) in [4.78, 5) is 0. The monoisotopic (exact) mass is 234 g/mol. The quantitative estimate of drug-likeness (QED) is 0.684. The van der Waals surface area contributed by atoms with E-state index in [0.717, 1.165) is 5.00 Å². The van der Waals surface area contributed by atoms with E-state index in [1.807, 2.05) is 29.4 Å². The van der Waals surface area contributed by atoms with Crippen LogP contribution in [0, 0.1) is 0 Å². The molecule has 0 saturated heterocycles. The van der Waals surface area contributed by atoms with Gasteiger partial charge in [0.05, 0.1) is 0 Å². The van der Waals surface area contributed by atoms with Gasteiger partial charge in [-0.15, -0.1) is 0 Å². The smallest absolute Gasteiger partial charge is 0.225 e. The summed E-state index contributed by atoms with van der Waals surface area (Å²) in [6.45, 7) is 6.56. The molecule has 3 nitrogen and oxygen atoms in total. The summed E-state index contributed by atoms with van der Waals surface area (Å²) in [7, 11) is 0. The number of hydrazone groups is 1. The highest BCUT2D eigenvalue weighted by Crippen LogP contribution is 2.21. The molecule has 0 aliphatic carbocycles. The fourth-order valence-electron chi connectivity index (χ4n) is 1.28. The molecule has 0 amide bonds. The van der Waals surface area contributed by atoms with Crippen LogP contribution >= 0.6 is 11.3 Å². The van der Waals surface area contributed by atoms with Crippen LogP contribution in [0.25, 0.3) is 0 Å². The molecular formula is C12H16N3S+. The van der Waals surface area contributed by atoms with Crippen molar-refractivity contribution >= 4 is 22.6 Å². The van der Waals surface area contributed by atoms with Crippen molar-refractivity contribution in [3.05, 3.63) is 36.1 Å². The average molecular weight is 234 g/mol. The molecule has 1 aliphatic heterocycles. The van der Waals surface area contributed by atoms with Crippen molar-refractivity contribution in [2.75, 3.05) is 5.01 Å². The Morgan fingerprint density at radius 2 is 2.06 bits per heavy atom. The maximum atomic E-state index is 4.32. The van der Waals surface area contributed by atoms with Gasteiger partial charge in [-0.25, -0.2) is 5.01 Å². The van der Waals surface area contributed by atoms with Crippen LogP contribution in [0.2, 0.25) is 0 Å². The molecule has 0 bridgehead atoms. The minimum absolute atomic E-state index is 0.117. The van der Waals surface area contributed by atoms with E-state index in [9.17, 15) is 0 Å². The molecule has 2 rings (SSSR count).